The first-order valence-corrected chi connectivity index (χ1v) is 23.7. The van der Waals surface area contributed by atoms with Crippen LogP contribution in [0.2, 0.25) is 0 Å². The third kappa shape index (κ3) is 8.18. The highest BCUT2D eigenvalue weighted by molar-refractivity contribution is 6.22. The number of rotatable bonds is 10. The number of fused-ring (bicyclic) bond motifs is 3. The highest BCUT2D eigenvalue weighted by Gasteiger charge is 2.20. The first kappa shape index (κ1) is 41.4. The van der Waals surface area contributed by atoms with E-state index in [9.17, 15) is 0 Å². The molecule has 0 bridgehead atoms. The van der Waals surface area contributed by atoms with E-state index < -0.39 is 0 Å². The van der Waals surface area contributed by atoms with Gasteiger partial charge in [-0.1, -0.05) is 237 Å². The molecule has 0 heterocycles. The minimum absolute atomic E-state index is 1.08. The standard InChI is InChI=1S/C68H47N/c1-6-18-48(19-7-1)51-30-32-52(33-31-51)53-34-39-60(40-35-53)69(62-45-58(49-20-8-2-9-21-49)44-59(46-62)50-22-10-3-11-23-50)61-41-36-54(37-42-61)57-38-43-64-63-28-16-17-29-65(63)67(55-24-12-4-13-25-55)68(66(64)47-57)56-26-14-5-15-27-56/h1-47H. The summed E-state index contributed by atoms with van der Waals surface area (Å²) in [5.74, 6) is 0. The fraction of sp³-hybridized carbons (Fsp3) is 0. The molecule has 0 saturated carbocycles. The van der Waals surface area contributed by atoms with Crippen LogP contribution < -0.4 is 4.90 Å². The summed E-state index contributed by atoms with van der Waals surface area (Å²) in [6, 6.07) is 104. The lowest BCUT2D eigenvalue weighted by Crippen LogP contribution is -2.10. The third-order valence-corrected chi connectivity index (χ3v) is 13.5. The molecule has 12 rings (SSSR count). The van der Waals surface area contributed by atoms with E-state index in [1.165, 1.54) is 82.7 Å². The fourth-order valence-electron chi connectivity index (χ4n) is 10.1. The van der Waals surface area contributed by atoms with Crippen molar-refractivity contribution in [2.24, 2.45) is 0 Å². The molecule has 0 aliphatic rings. The molecule has 0 spiro atoms. The molecule has 0 atom stereocenters. The molecule has 324 valence electrons. The van der Waals surface area contributed by atoms with Crippen LogP contribution in [-0.4, -0.2) is 0 Å². The van der Waals surface area contributed by atoms with Gasteiger partial charge in [-0.25, -0.2) is 0 Å². The van der Waals surface area contributed by atoms with Crippen LogP contribution in [0.5, 0.6) is 0 Å². The van der Waals surface area contributed by atoms with Gasteiger partial charge in [0.25, 0.3) is 0 Å². The van der Waals surface area contributed by atoms with Gasteiger partial charge in [-0.15, -0.1) is 0 Å². The van der Waals surface area contributed by atoms with Crippen molar-refractivity contribution in [2.75, 3.05) is 4.90 Å². The van der Waals surface area contributed by atoms with Crippen molar-refractivity contribution in [1.29, 1.82) is 0 Å². The van der Waals surface area contributed by atoms with Crippen molar-refractivity contribution >= 4 is 38.6 Å². The van der Waals surface area contributed by atoms with Crippen LogP contribution >= 0.6 is 0 Å². The van der Waals surface area contributed by atoms with Gasteiger partial charge in [0.1, 0.15) is 0 Å². The quantitative estimate of drug-likeness (QED) is 0.124. The molecular weight excluding hydrogens is 831 g/mol. The van der Waals surface area contributed by atoms with E-state index in [0.29, 0.717) is 0 Å². The summed E-state index contributed by atoms with van der Waals surface area (Å²) in [5, 5.41) is 5.00. The van der Waals surface area contributed by atoms with Crippen LogP contribution in [0.3, 0.4) is 0 Å². The molecule has 1 nitrogen and oxygen atoms in total. The summed E-state index contributed by atoms with van der Waals surface area (Å²) in [5.41, 5.74) is 20.0. The summed E-state index contributed by atoms with van der Waals surface area (Å²) >= 11 is 0. The van der Waals surface area contributed by atoms with Gasteiger partial charge in [0.15, 0.2) is 0 Å². The Morgan fingerprint density at radius 3 is 0.913 bits per heavy atom. The second kappa shape index (κ2) is 18.3. The van der Waals surface area contributed by atoms with E-state index in [0.717, 1.165) is 33.8 Å². The molecule has 0 fully saturated rings. The smallest absolute Gasteiger partial charge is 0.0473 e. The molecular formula is C68H47N. The Hall–Kier alpha value is -9.04. The summed E-state index contributed by atoms with van der Waals surface area (Å²) in [4.78, 5) is 2.40. The van der Waals surface area contributed by atoms with Gasteiger partial charge in [-0.2, -0.15) is 0 Å². The Bertz CT molecular complexity index is 3640. The zero-order valence-electron chi connectivity index (χ0n) is 38.1. The maximum Gasteiger partial charge on any atom is 0.0473 e. The molecule has 0 radical (unpaired) electrons. The fourth-order valence-corrected chi connectivity index (χ4v) is 10.1. The van der Waals surface area contributed by atoms with Gasteiger partial charge in [-0.05, 0) is 148 Å². The van der Waals surface area contributed by atoms with Gasteiger partial charge in [0.05, 0.1) is 0 Å². The predicted molar refractivity (Wildman–Crippen MR) is 294 cm³/mol. The lowest BCUT2D eigenvalue weighted by atomic mass is 9.84. The van der Waals surface area contributed by atoms with Crippen molar-refractivity contribution in [2.45, 2.75) is 0 Å². The van der Waals surface area contributed by atoms with Crippen molar-refractivity contribution < 1.29 is 0 Å². The summed E-state index contributed by atoms with van der Waals surface area (Å²) < 4.78 is 0. The van der Waals surface area contributed by atoms with Crippen molar-refractivity contribution in [3.63, 3.8) is 0 Å². The van der Waals surface area contributed by atoms with Gasteiger partial charge in [0, 0.05) is 17.1 Å². The van der Waals surface area contributed by atoms with E-state index in [-0.39, 0.29) is 0 Å². The van der Waals surface area contributed by atoms with Crippen LogP contribution in [0.25, 0.3) is 99.4 Å². The van der Waals surface area contributed by atoms with Crippen molar-refractivity contribution in [3.8, 4) is 77.9 Å². The molecule has 0 N–H and O–H groups in total. The van der Waals surface area contributed by atoms with Crippen molar-refractivity contribution in [3.05, 3.63) is 285 Å². The van der Waals surface area contributed by atoms with Gasteiger partial charge in [0.2, 0.25) is 0 Å². The molecule has 0 aliphatic heterocycles. The second-order valence-corrected chi connectivity index (χ2v) is 17.7. The predicted octanol–water partition coefficient (Wildman–Crippen LogP) is 19.1. The van der Waals surface area contributed by atoms with Gasteiger partial charge >= 0.3 is 0 Å². The Morgan fingerprint density at radius 2 is 0.464 bits per heavy atom. The van der Waals surface area contributed by atoms with E-state index in [1.807, 2.05) is 0 Å². The van der Waals surface area contributed by atoms with Gasteiger partial charge in [-0.3, -0.25) is 0 Å². The molecule has 12 aromatic rings. The maximum absolute atomic E-state index is 2.41. The second-order valence-electron chi connectivity index (χ2n) is 17.7. The average Bonchev–Trinajstić information content (AvgIpc) is 3.44. The topological polar surface area (TPSA) is 3.24 Å². The SMILES string of the molecule is c1ccc(-c2ccc(-c3ccc(N(c4ccc(-c5ccc6c(c5)c(-c5ccccc5)c(-c5ccccc5)c5ccccc56)cc4)c4cc(-c5ccccc5)cc(-c5ccccc5)c4)cc3)cc2)cc1. The first-order valence-electron chi connectivity index (χ1n) is 23.7. The highest BCUT2D eigenvalue weighted by atomic mass is 15.1. The Morgan fingerprint density at radius 1 is 0.159 bits per heavy atom. The Labute approximate surface area is 404 Å². The van der Waals surface area contributed by atoms with Gasteiger partial charge < -0.3 is 4.90 Å². The molecule has 0 saturated heterocycles. The molecule has 0 aliphatic carbocycles. The molecule has 0 aromatic heterocycles. The summed E-state index contributed by atoms with van der Waals surface area (Å²) in [6.07, 6.45) is 0. The van der Waals surface area contributed by atoms with E-state index in [4.69, 9.17) is 0 Å². The molecule has 1 heteroatoms. The van der Waals surface area contributed by atoms with E-state index in [2.05, 4.69) is 290 Å². The molecule has 0 amide bonds. The third-order valence-electron chi connectivity index (χ3n) is 13.5. The maximum atomic E-state index is 2.41. The van der Waals surface area contributed by atoms with Crippen molar-refractivity contribution in [1.82, 2.24) is 0 Å². The summed E-state index contributed by atoms with van der Waals surface area (Å²) in [6.45, 7) is 0. The Kier molecular flexibility index (Phi) is 11.0. The largest absolute Gasteiger partial charge is 0.310 e. The van der Waals surface area contributed by atoms with Crippen LogP contribution in [0, 0.1) is 0 Å². The van der Waals surface area contributed by atoms with Crippen LogP contribution in [0.1, 0.15) is 0 Å². The number of nitrogens with zero attached hydrogens (tertiary/aromatic N) is 1. The first-order chi connectivity index (χ1) is 34.2. The minimum atomic E-state index is 1.08. The van der Waals surface area contributed by atoms with Crippen LogP contribution in [-0.2, 0) is 0 Å². The minimum Gasteiger partial charge on any atom is -0.310 e. The molecule has 12 aromatic carbocycles. The van der Waals surface area contributed by atoms with E-state index in [1.54, 1.807) is 0 Å². The highest BCUT2D eigenvalue weighted by Crippen LogP contribution is 2.46. The average molecular weight is 878 g/mol. The monoisotopic (exact) mass is 877 g/mol. The number of anilines is 3. The lowest BCUT2D eigenvalue weighted by Gasteiger charge is -2.27. The van der Waals surface area contributed by atoms with Crippen LogP contribution in [0.15, 0.2) is 285 Å². The number of benzene rings is 12. The molecule has 69 heavy (non-hydrogen) atoms. The Balaban J connectivity index is 0.991. The number of hydrogen-bond donors (Lipinski definition) is 0. The summed E-state index contributed by atoms with van der Waals surface area (Å²) in [7, 11) is 0. The zero-order valence-corrected chi connectivity index (χ0v) is 38.1. The zero-order chi connectivity index (χ0) is 45.9. The van der Waals surface area contributed by atoms with Crippen LogP contribution in [0.4, 0.5) is 17.1 Å². The van der Waals surface area contributed by atoms with E-state index >= 15 is 0 Å². The molecule has 0 unspecified atom stereocenters. The normalized spacial score (nSPS) is 11.2. The lowest BCUT2D eigenvalue weighted by molar-refractivity contribution is 1.28. The number of hydrogen-bond acceptors (Lipinski definition) is 1.